The number of carboxylic acid groups (broad SMARTS) is 1. The molecule has 110 valence electrons. The van der Waals surface area contributed by atoms with Crippen LogP contribution < -0.4 is 9.47 Å². The summed E-state index contributed by atoms with van der Waals surface area (Å²) in [5, 5.41) is 8.82. The van der Waals surface area contributed by atoms with E-state index in [2.05, 4.69) is 4.98 Å². The zero-order valence-corrected chi connectivity index (χ0v) is 11.7. The van der Waals surface area contributed by atoms with Crippen LogP contribution in [0.2, 0.25) is 0 Å². The number of aromatic nitrogens is 1. The number of aromatic amines is 1. The SMILES string of the molecule is COc1ccc(CC(=O)c2c[nH]c(C(=O)O)c2)cc1OC. The number of hydrogen-bond donors (Lipinski definition) is 2. The van der Waals surface area contributed by atoms with Crippen molar-refractivity contribution in [3.05, 3.63) is 47.3 Å². The van der Waals surface area contributed by atoms with Crippen LogP contribution in [0, 0.1) is 0 Å². The highest BCUT2D eigenvalue weighted by atomic mass is 16.5. The maximum Gasteiger partial charge on any atom is 0.352 e. The minimum absolute atomic E-state index is 0.00865. The van der Waals surface area contributed by atoms with Crippen molar-refractivity contribution in [2.45, 2.75) is 6.42 Å². The first-order chi connectivity index (χ1) is 10.0. The van der Waals surface area contributed by atoms with Crippen LogP contribution in [0.4, 0.5) is 0 Å². The second-order valence-corrected chi connectivity index (χ2v) is 4.40. The number of H-pyrrole nitrogens is 1. The smallest absolute Gasteiger partial charge is 0.352 e. The molecular formula is C15H15NO5. The lowest BCUT2D eigenvalue weighted by atomic mass is 10.0. The quantitative estimate of drug-likeness (QED) is 0.795. The van der Waals surface area contributed by atoms with Gasteiger partial charge in [-0.05, 0) is 23.8 Å². The second-order valence-electron chi connectivity index (χ2n) is 4.40. The van der Waals surface area contributed by atoms with E-state index in [9.17, 15) is 9.59 Å². The predicted octanol–water partition coefficient (Wildman–Crippen LogP) is 2.16. The van der Waals surface area contributed by atoms with Gasteiger partial charge in [0.2, 0.25) is 0 Å². The highest BCUT2D eigenvalue weighted by Gasteiger charge is 2.14. The number of rotatable bonds is 6. The number of carboxylic acids is 1. The largest absolute Gasteiger partial charge is 0.493 e. The number of ether oxygens (including phenoxy) is 2. The minimum atomic E-state index is -1.10. The van der Waals surface area contributed by atoms with E-state index in [1.807, 2.05) is 0 Å². The Morgan fingerprint density at radius 3 is 2.43 bits per heavy atom. The monoisotopic (exact) mass is 289 g/mol. The first kappa shape index (κ1) is 14.6. The number of aromatic carboxylic acids is 1. The Morgan fingerprint density at radius 2 is 1.86 bits per heavy atom. The van der Waals surface area contributed by atoms with Gasteiger partial charge in [0.05, 0.1) is 14.2 Å². The fraction of sp³-hybridized carbons (Fsp3) is 0.200. The van der Waals surface area contributed by atoms with Crippen LogP contribution in [-0.2, 0) is 6.42 Å². The molecule has 2 aromatic rings. The van der Waals surface area contributed by atoms with Crippen LogP contribution in [0.3, 0.4) is 0 Å². The summed E-state index contributed by atoms with van der Waals surface area (Å²) < 4.78 is 10.3. The molecule has 1 heterocycles. The van der Waals surface area contributed by atoms with E-state index in [-0.39, 0.29) is 17.9 Å². The molecule has 0 saturated heterocycles. The molecule has 2 rings (SSSR count). The van der Waals surface area contributed by atoms with Crippen LogP contribution in [-0.4, -0.2) is 36.1 Å². The molecule has 0 atom stereocenters. The van der Waals surface area contributed by atoms with Gasteiger partial charge in [-0.3, -0.25) is 4.79 Å². The molecule has 21 heavy (non-hydrogen) atoms. The van der Waals surface area contributed by atoms with Gasteiger partial charge in [0.1, 0.15) is 5.69 Å². The van der Waals surface area contributed by atoms with Crippen molar-refractivity contribution >= 4 is 11.8 Å². The molecule has 2 N–H and O–H groups in total. The molecule has 0 spiro atoms. The standard InChI is InChI=1S/C15H15NO5/c1-20-13-4-3-9(6-14(13)21-2)5-12(17)10-7-11(15(18)19)16-8-10/h3-4,6-8,16H,5H2,1-2H3,(H,18,19). The normalized spacial score (nSPS) is 10.2. The topological polar surface area (TPSA) is 88.6 Å². The lowest BCUT2D eigenvalue weighted by Crippen LogP contribution is -2.03. The van der Waals surface area contributed by atoms with Gasteiger partial charge in [-0.15, -0.1) is 0 Å². The number of ketones is 1. The van der Waals surface area contributed by atoms with E-state index < -0.39 is 5.97 Å². The highest BCUT2D eigenvalue weighted by molar-refractivity contribution is 5.99. The third kappa shape index (κ3) is 3.22. The summed E-state index contributed by atoms with van der Waals surface area (Å²) in [5.41, 5.74) is 1.09. The molecule has 0 unspecified atom stereocenters. The van der Waals surface area contributed by atoms with E-state index in [4.69, 9.17) is 14.6 Å². The Labute approximate surface area is 121 Å². The maximum atomic E-state index is 12.1. The molecule has 0 aliphatic carbocycles. The van der Waals surface area contributed by atoms with Crippen LogP contribution in [0.5, 0.6) is 11.5 Å². The van der Waals surface area contributed by atoms with Crippen LogP contribution in [0.15, 0.2) is 30.5 Å². The van der Waals surface area contributed by atoms with Gasteiger partial charge in [-0.25, -0.2) is 4.79 Å². The fourth-order valence-electron chi connectivity index (χ4n) is 1.96. The highest BCUT2D eigenvalue weighted by Crippen LogP contribution is 2.28. The minimum Gasteiger partial charge on any atom is -0.493 e. The van der Waals surface area contributed by atoms with Gasteiger partial charge >= 0.3 is 5.97 Å². The summed E-state index contributed by atoms with van der Waals surface area (Å²) in [6, 6.07) is 6.54. The molecular weight excluding hydrogens is 274 g/mol. The lowest BCUT2D eigenvalue weighted by Gasteiger charge is -2.09. The van der Waals surface area contributed by atoms with Crippen LogP contribution in [0.1, 0.15) is 26.4 Å². The first-order valence-electron chi connectivity index (χ1n) is 6.21. The fourth-order valence-corrected chi connectivity index (χ4v) is 1.96. The average Bonchev–Trinajstić information content (AvgIpc) is 2.97. The number of carbonyl (C=O) groups is 2. The van der Waals surface area contributed by atoms with Crippen molar-refractivity contribution in [3.8, 4) is 11.5 Å². The molecule has 0 bridgehead atoms. The first-order valence-corrected chi connectivity index (χ1v) is 6.21. The summed E-state index contributed by atoms with van der Waals surface area (Å²) in [5.74, 6) is -0.141. The molecule has 6 heteroatoms. The Morgan fingerprint density at radius 1 is 1.14 bits per heavy atom. The van der Waals surface area contributed by atoms with Gasteiger partial charge < -0.3 is 19.6 Å². The van der Waals surface area contributed by atoms with Crippen molar-refractivity contribution < 1.29 is 24.2 Å². The number of methoxy groups -OCH3 is 2. The Balaban J connectivity index is 2.17. The summed E-state index contributed by atoms with van der Waals surface area (Å²) in [6.45, 7) is 0. The average molecular weight is 289 g/mol. The van der Waals surface area contributed by atoms with E-state index in [0.29, 0.717) is 17.1 Å². The summed E-state index contributed by atoms with van der Waals surface area (Å²) in [7, 11) is 3.06. The summed E-state index contributed by atoms with van der Waals surface area (Å²) >= 11 is 0. The number of hydrogen-bond acceptors (Lipinski definition) is 4. The van der Waals surface area contributed by atoms with Gasteiger partial charge in [-0.2, -0.15) is 0 Å². The number of nitrogens with one attached hydrogen (secondary N) is 1. The third-order valence-corrected chi connectivity index (χ3v) is 3.05. The summed E-state index contributed by atoms with van der Waals surface area (Å²) in [6.07, 6.45) is 1.55. The van der Waals surface area contributed by atoms with Gasteiger partial charge in [0.25, 0.3) is 0 Å². The number of carbonyl (C=O) groups excluding carboxylic acids is 1. The Bertz CT molecular complexity index is 674. The van der Waals surface area contributed by atoms with Crippen molar-refractivity contribution in [1.29, 1.82) is 0 Å². The Kier molecular flexibility index (Phi) is 4.27. The molecule has 0 aliphatic heterocycles. The van der Waals surface area contributed by atoms with Crippen molar-refractivity contribution in [3.63, 3.8) is 0 Å². The molecule has 0 aliphatic rings. The lowest BCUT2D eigenvalue weighted by molar-refractivity contribution is 0.0691. The van der Waals surface area contributed by atoms with Gasteiger partial charge in [0, 0.05) is 18.2 Å². The van der Waals surface area contributed by atoms with Crippen molar-refractivity contribution in [1.82, 2.24) is 4.98 Å². The zero-order valence-electron chi connectivity index (χ0n) is 11.7. The molecule has 0 radical (unpaired) electrons. The predicted molar refractivity (Wildman–Crippen MR) is 75.3 cm³/mol. The molecule has 0 fully saturated rings. The molecule has 1 aromatic carbocycles. The van der Waals surface area contributed by atoms with Crippen molar-refractivity contribution in [2.75, 3.05) is 14.2 Å². The number of benzene rings is 1. The molecule has 1 aromatic heterocycles. The second kappa shape index (κ2) is 6.13. The van der Waals surface area contributed by atoms with Crippen LogP contribution >= 0.6 is 0 Å². The zero-order chi connectivity index (χ0) is 15.4. The summed E-state index contributed by atoms with van der Waals surface area (Å²) in [4.78, 5) is 25.4. The molecule has 0 amide bonds. The van der Waals surface area contributed by atoms with Gasteiger partial charge in [-0.1, -0.05) is 6.07 Å². The number of Topliss-reactive ketones (excluding diaryl/α,β-unsaturated/α-hetero) is 1. The maximum absolute atomic E-state index is 12.1. The van der Waals surface area contributed by atoms with Crippen molar-refractivity contribution in [2.24, 2.45) is 0 Å². The molecule has 6 nitrogen and oxygen atoms in total. The Hall–Kier alpha value is -2.76. The van der Waals surface area contributed by atoms with Crippen LogP contribution in [0.25, 0.3) is 0 Å². The molecule has 0 saturated carbocycles. The van der Waals surface area contributed by atoms with E-state index >= 15 is 0 Å². The van der Waals surface area contributed by atoms with Gasteiger partial charge in [0.15, 0.2) is 17.3 Å². The van der Waals surface area contributed by atoms with E-state index in [0.717, 1.165) is 5.56 Å². The third-order valence-electron chi connectivity index (χ3n) is 3.05. The van der Waals surface area contributed by atoms with E-state index in [1.165, 1.54) is 26.5 Å². The van der Waals surface area contributed by atoms with E-state index in [1.54, 1.807) is 18.2 Å².